The Balaban J connectivity index is 1.66. The van der Waals surface area contributed by atoms with Crippen molar-refractivity contribution in [3.05, 3.63) is 60.2 Å². The van der Waals surface area contributed by atoms with Crippen molar-refractivity contribution in [2.75, 3.05) is 43.5 Å². The summed E-state index contributed by atoms with van der Waals surface area (Å²) in [5.74, 6) is 2.61. The summed E-state index contributed by atoms with van der Waals surface area (Å²) in [6, 6.07) is 7.77. The van der Waals surface area contributed by atoms with E-state index in [1.165, 1.54) is 24.5 Å². The minimum absolute atomic E-state index is 0.125. The number of carbonyl (C=O) groups is 1. The lowest BCUT2D eigenvalue weighted by molar-refractivity contribution is -0.111. The van der Waals surface area contributed by atoms with Crippen LogP contribution in [-0.2, 0) is 9.53 Å². The zero-order valence-corrected chi connectivity index (χ0v) is 21.0. The third-order valence-corrected chi connectivity index (χ3v) is 6.03. The van der Waals surface area contributed by atoms with E-state index < -0.39 is 5.82 Å². The quantitative estimate of drug-likeness (QED) is 0.311. The molecule has 8 nitrogen and oxygen atoms in total. The Morgan fingerprint density at radius 2 is 2.11 bits per heavy atom. The molecule has 1 amide bonds. The highest BCUT2D eigenvalue weighted by molar-refractivity contribution is 6.03. The number of nitrogens with one attached hydrogen (secondary N) is 2. The first-order valence-electron chi connectivity index (χ1n) is 12.3. The monoisotopic (exact) mass is 503 g/mol. The molecule has 0 radical (unpaired) electrons. The number of nitrogens with zero attached hydrogens (tertiary/aromatic N) is 3. The number of fused-ring (bicyclic) bond motifs is 1. The first-order valence-corrected chi connectivity index (χ1v) is 12.3. The van der Waals surface area contributed by atoms with E-state index in [-0.39, 0.29) is 12.0 Å². The van der Waals surface area contributed by atoms with Crippen LogP contribution < -0.4 is 15.4 Å². The van der Waals surface area contributed by atoms with Crippen LogP contribution in [0.5, 0.6) is 5.75 Å². The predicted molar refractivity (Wildman–Crippen MR) is 143 cm³/mol. The molecule has 1 fully saturated rings. The van der Waals surface area contributed by atoms with Crippen LogP contribution in [0.2, 0.25) is 0 Å². The molecule has 1 aromatic heterocycles. The van der Waals surface area contributed by atoms with Crippen molar-refractivity contribution in [2.45, 2.75) is 26.4 Å². The van der Waals surface area contributed by atoms with E-state index >= 15 is 0 Å². The van der Waals surface area contributed by atoms with Crippen LogP contribution in [0.25, 0.3) is 10.9 Å². The molecule has 0 saturated carbocycles. The van der Waals surface area contributed by atoms with Gasteiger partial charge < -0.3 is 25.0 Å². The van der Waals surface area contributed by atoms with Gasteiger partial charge in [0.25, 0.3) is 0 Å². The molecule has 192 valence electrons. The number of carbonyl (C=O) groups excluding carboxylic acids is 1. The van der Waals surface area contributed by atoms with Crippen molar-refractivity contribution in [3.63, 3.8) is 0 Å². The number of terminal acetylenes is 1. The molecule has 2 aromatic carbocycles. The summed E-state index contributed by atoms with van der Waals surface area (Å²) in [6.45, 7) is 7.73. The van der Waals surface area contributed by atoms with Crippen LogP contribution in [0.1, 0.15) is 25.8 Å². The van der Waals surface area contributed by atoms with Crippen molar-refractivity contribution in [3.8, 4) is 18.1 Å². The molecule has 2 N–H and O–H groups in total. The smallest absolute Gasteiger partial charge is 0.248 e. The normalized spacial score (nSPS) is 15.3. The van der Waals surface area contributed by atoms with Gasteiger partial charge in [0.1, 0.15) is 29.8 Å². The summed E-state index contributed by atoms with van der Waals surface area (Å²) < 4.78 is 25.6. The SMILES string of the molecule is C#Cc1cc(F)cc(Nc2ncnc3cc(O[C@H]4CCOC4)c(NC(=O)C=CCN(CC)CC)cc23)c1. The first kappa shape index (κ1) is 26.1. The molecule has 1 atom stereocenters. The average Bonchev–Trinajstić information content (AvgIpc) is 3.40. The minimum atomic E-state index is -0.463. The van der Waals surface area contributed by atoms with Gasteiger partial charge in [0, 0.05) is 41.7 Å². The Hall–Kier alpha value is -4.00. The van der Waals surface area contributed by atoms with Crippen molar-refractivity contribution in [2.24, 2.45) is 0 Å². The van der Waals surface area contributed by atoms with Gasteiger partial charge in [-0.15, -0.1) is 6.42 Å². The summed E-state index contributed by atoms with van der Waals surface area (Å²) in [7, 11) is 0. The lowest BCUT2D eigenvalue weighted by Crippen LogP contribution is -2.23. The Labute approximate surface area is 215 Å². The summed E-state index contributed by atoms with van der Waals surface area (Å²) in [4.78, 5) is 23.7. The fraction of sp³-hybridized carbons (Fsp3) is 0.321. The molecule has 0 bridgehead atoms. The Bertz CT molecular complexity index is 1330. The van der Waals surface area contributed by atoms with Crippen molar-refractivity contribution in [1.82, 2.24) is 14.9 Å². The molecule has 4 rings (SSSR count). The van der Waals surface area contributed by atoms with Gasteiger partial charge in [-0.1, -0.05) is 25.8 Å². The molecule has 2 heterocycles. The van der Waals surface area contributed by atoms with Crippen LogP contribution in [-0.4, -0.2) is 59.7 Å². The van der Waals surface area contributed by atoms with E-state index in [9.17, 15) is 9.18 Å². The third kappa shape index (κ3) is 6.82. The van der Waals surface area contributed by atoms with Gasteiger partial charge >= 0.3 is 0 Å². The first-order chi connectivity index (χ1) is 18.0. The molecule has 0 unspecified atom stereocenters. The molecular weight excluding hydrogens is 473 g/mol. The van der Waals surface area contributed by atoms with Gasteiger partial charge in [-0.3, -0.25) is 4.79 Å². The summed E-state index contributed by atoms with van der Waals surface area (Å²) in [5, 5.41) is 6.66. The van der Waals surface area contributed by atoms with Crippen LogP contribution >= 0.6 is 0 Å². The number of rotatable bonds is 10. The lowest BCUT2D eigenvalue weighted by Gasteiger charge is -2.18. The largest absolute Gasteiger partial charge is 0.486 e. The zero-order valence-electron chi connectivity index (χ0n) is 21.0. The van der Waals surface area contributed by atoms with Crippen LogP contribution in [0.15, 0.2) is 48.8 Å². The fourth-order valence-corrected chi connectivity index (χ4v) is 4.01. The molecule has 37 heavy (non-hydrogen) atoms. The lowest BCUT2D eigenvalue weighted by atomic mass is 10.1. The number of aromatic nitrogens is 2. The van der Waals surface area contributed by atoms with Gasteiger partial charge in [-0.25, -0.2) is 14.4 Å². The fourth-order valence-electron chi connectivity index (χ4n) is 4.01. The Morgan fingerprint density at radius 1 is 1.27 bits per heavy atom. The number of likely N-dealkylation sites (N-methyl/N-ethyl adjacent to an activating group) is 1. The van der Waals surface area contributed by atoms with E-state index in [1.54, 1.807) is 18.2 Å². The summed E-state index contributed by atoms with van der Waals surface area (Å²) >= 11 is 0. The van der Waals surface area contributed by atoms with Crippen LogP contribution in [0.3, 0.4) is 0 Å². The standard InChI is InChI=1S/C28H30FN5O3/c1-4-19-12-20(29)14-21(13-19)32-28-23-15-25(33-27(35)8-7-10-34(5-2)6-3)26(16-24(23)30-18-31-28)37-22-9-11-36-17-22/h1,7-8,12-16,18,22H,5-6,9-11,17H2,2-3H3,(H,33,35)(H,30,31,32)/t22-/m0/s1. The molecule has 0 aliphatic carbocycles. The van der Waals surface area contributed by atoms with E-state index in [1.807, 2.05) is 6.08 Å². The van der Waals surface area contributed by atoms with E-state index in [0.717, 1.165) is 19.5 Å². The Kier molecular flexibility index (Phi) is 8.67. The average molecular weight is 504 g/mol. The molecular formula is C28H30FN5O3. The second-order valence-corrected chi connectivity index (χ2v) is 8.57. The molecule has 9 heteroatoms. The second-order valence-electron chi connectivity index (χ2n) is 8.57. The number of hydrogen-bond acceptors (Lipinski definition) is 7. The highest BCUT2D eigenvalue weighted by Crippen LogP contribution is 2.34. The number of hydrogen-bond donors (Lipinski definition) is 2. The Morgan fingerprint density at radius 3 is 2.84 bits per heavy atom. The third-order valence-electron chi connectivity index (χ3n) is 6.03. The van der Waals surface area contributed by atoms with Crippen molar-refractivity contribution < 1.29 is 18.7 Å². The minimum Gasteiger partial charge on any atom is -0.486 e. The second kappa shape index (κ2) is 12.3. The van der Waals surface area contributed by atoms with Crippen LogP contribution in [0.4, 0.5) is 21.6 Å². The highest BCUT2D eigenvalue weighted by Gasteiger charge is 2.21. The summed E-state index contributed by atoms with van der Waals surface area (Å²) in [6.07, 6.45) is 10.8. The number of amides is 1. The molecule has 0 spiro atoms. The zero-order chi connectivity index (χ0) is 26.2. The summed E-state index contributed by atoms with van der Waals surface area (Å²) in [5.41, 5.74) is 1.91. The van der Waals surface area contributed by atoms with E-state index in [2.05, 4.69) is 45.3 Å². The maximum Gasteiger partial charge on any atom is 0.248 e. The van der Waals surface area contributed by atoms with Gasteiger partial charge in [0.2, 0.25) is 5.91 Å². The topological polar surface area (TPSA) is 88.6 Å². The predicted octanol–water partition coefficient (Wildman–Crippen LogP) is 4.50. The maximum absolute atomic E-state index is 14.0. The van der Waals surface area contributed by atoms with Crippen LogP contribution in [0, 0.1) is 18.2 Å². The molecule has 3 aromatic rings. The molecule has 1 saturated heterocycles. The van der Waals surface area contributed by atoms with Crippen molar-refractivity contribution in [1.29, 1.82) is 0 Å². The van der Waals surface area contributed by atoms with E-state index in [0.29, 0.717) is 59.2 Å². The number of ether oxygens (including phenoxy) is 2. The number of anilines is 3. The number of benzene rings is 2. The van der Waals surface area contributed by atoms with Gasteiger partial charge in [-0.05, 0) is 37.4 Å². The maximum atomic E-state index is 14.0. The number of halogens is 1. The van der Waals surface area contributed by atoms with E-state index in [4.69, 9.17) is 15.9 Å². The van der Waals surface area contributed by atoms with Gasteiger partial charge in [-0.2, -0.15) is 0 Å². The highest BCUT2D eigenvalue weighted by atomic mass is 19.1. The molecule has 1 aliphatic rings. The van der Waals surface area contributed by atoms with Gasteiger partial charge in [0.05, 0.1) is 24.4 Å². The molecule has 1 aliphatic heterocycles. The van der Waals surface area contributed by atoms with Gasteiger partial charge in [0.15, 0.2) is 0 Å². The van der Waals surface area contributed by atoms with Crippen molar-refractivity contribution >= 4 is 34.0 Å².